The molecule has 21 heavy (non-hydrogen) atoms. The number of aryl methyl sites for hydroxylation is 1. The third-order valence-corrected chi connectivity index (χ3v) is 3.99. The normalized spacial score (nSPS) is 15.6. The lowest BCUT2D eigenvalue weighted by molar-refractivity contribution is -0.143. The van der Waals surface area contributed by atoms with Gasteiger partial charge in [0.05, 0.1) is 5.92 Å². The fraction of sp³-hybridized carbons (Fsp3) is 0.400. The van der Waals surface area contributed by atoms with Crippen LogP contribution < -0.4 is 5.32 Å². The molecule has 1 fully saturated rings. The first-order chi connectivity index (χ1) is 9.97. The van der Waals surface area contributed by atoms with E-state index in [1.54, 1.807) is 12.1 Å². The maximum Gasteiger partial charge on any atom is 0.306 e. The number of carboxylic acid groups (broad SMARTS) is 1. The number of amides is 1. The number of carbonyl (C=O) groups is 2. The van der Waals surface area contributed by atoms with Crippen LogP contribution in [0.4, 0.5) is 0 Å². The summed E-state index contributed by atoms with van der Waals surface area (Å²) in [5.41, 5.74) is 1.58. The maximum absolute atomic E-state index is 12.1. The lowest BCUT2D eigenvalue weighted by Crippen LogP contribution is -2.47. The summed E-state index contributed by atoms with van der Waals surface area (Å²) < 4.78 is 0. The van der Waals surface area contributed by atoms with Crippen molar-refractivity contribution >= 4 is 29.2 Å². The number of likely N-dealkylation sites (tertiary alicyclic amines) is 1. The number of rotatable bonds is 2. The van der Waals surface area contributed by atoms with E-state index in [0.717, 1.165) is 5.56 Å². The SMILES string of the molecule is Cc1cccc(C(=O)NC(=S)N2CCC(C(=O)O)CC2)c1. The Bertz CT molecular complexity index is 566. The monoisotopic (exact) mass is 306 g/mol. The zero-order chi connectivity index (χ0) is 15.4. The second-order valence-corrected chi connectivity index (χ2v) is 5.62. The molecule has 0 radical (unpaired) electrons. The van der Waals surface area contributed by atoms with Crippen molar-refractivity contribution in [2.24, 2.45) is 5.92 Å². The van der Waals surface area contributed by atoms with E-state index in [0.29, 0.717) is 36.6 Å². The van der Waals surface area contributed by atoms with Crippen molar-refractivity contribution in [1.29, 1.82) is 0 Å². The zero-order valence-corrected chi connectivity index (χ0v) is 12.7. The van der Waals surface area contributed by atoms with Gasteiger partial charge < -0.3 is 10.0 Å². The van der Waals surface area contributed by atoms with E-state index < -0.39 is 5.97 Å². The Morgan fingerprint density at radius 1 is 1.33 bits per heavy atom. The standard InChI is InChI=1S/C15H18N2O3S/c1-10-3-2-4-12(9-10)13(18)16-15(21)17-7-5-11(6-8-17)14(19)20/h2-4,9,11H,5-8H2,1H3,(H,19,20)(H,16,18,21). The van der Waals surface area contributed by atoms with Crippen molar-refractivity contribution in [1.82, 2.24) is 10.2 Å². The predicted molar refractivity (Wildman–Crippen MR) is 83.2 cm³/mol. The summed E-state index contributed by atoms with van der Waals surface area (Å²) in [6, 6.07) is 7.29. The van der Waals surface area contributed by atoms with Crippen LogP contribution in [0.5, 0.6) is 0 Å². The van der Waals surface area contributed by atoms with Gasteiger partial charge in [-0.25, -0.2) is 0 Å². The van der Waals surface area contributed by atoms with E-state index in [9.17, 15) is 9.59 Å². The summed E-state index contributed by atoms with van der Waals surface area (Å²) in [7, 11) is 0. The van der Waals surface area contributed by atoms with Crippen molar-refractivity contribution in [2.75, 3.05) is 13.1 Å². The highest BCUT2D eigenvalue weighted by molar-refractivity contribution is 7.80. The quantitative estimate of drug-likeness (QED) is 0.816. The highest BCUT2D eigenvalue weighted by Gasteiger charge is 2.26. The summed E-state index contributed by atoms with van der Waals surface area (Å²) in [6.07, 6.45) is 1.10. The fourth-order valence-electron chi connectivity index (χ4n) is 2.36. The van der Waals surface area contributed by atoms with Gasteiger partial charge in [-0.3, -0.25) is 14.9 Å². The second-order valence-electron chi connectivity index (χ2n) is 5.23. The first-order valence-electron chi connectivity index (χ1n) is 6.87. The molecule has 1 aliphatic heterocycles. The Morgan fingerprint density at radius 3 is 2.57 bits per heavy atom. The van der Waals surface area contributed by atoms with Crippen molar-refractivity contribution in [3.63, 3.8) is 0 Å². The van der Waals surface area contributed by atoms with E-state index in [2.05, 4.69) is 5.32 Å². The van der Waals surface area contributed by atoms with Crippen LogP contribution in [0, 0.1) is 12.8 Å². The van der Waals surface area contributed by atoms with E-state index >= 15 is 0 Å². The largest absolute Gasteiger partial charge is 0.481 e. The number of benzene rings is 1. The van der Waals surface area contributed by atoms with E-state index in [1.807, 2.05) is 24.0 Å². The van der Waals surface area contributed by atoms with Crippen LogP contribution in [0.2, 0.25) is 0 Å². The van der Waals surface area contributed by atoms with E-state index in [1.165, 1.54) is 0 Å². The van der Waals surface area contributed by atoms with Gasteiger partial charge in [0.25, 0.3) is 5.91 Å². The van der Waals surface area contributed by atoms with Gasteiger partial charge in [0.2, 0.25) is 0 Å². The van der Waals surface area contributed by atoms with Gasteiger partial charge >= 0.3 is 5.97 Å². The van der Waals surface area contributed by atoms with Gasteiger partial charge in [0.1, 0.15) is 0 Å². The summed E-state index contributed by atoms with van der Waals surface area (Å²) in [5.74, 6) is -1.30. The number of hydrogen-bond acceptors (Lipinski definition) is 3. The average Bonchev–Trinajstić information content (AvgIpc) is 2.47. The molecule has 0 aliphatic carbocycles. The fourth-order valence-corrected chi connectivity index (χ4v) is 2.64. The van der Waals surface area contributed by atoms with Gasteiger partial charge in [-0.05, 0) is 44.1 Å². The van der Waals surface area contributed by atoms with Crippen LogP contribution in [-0.2, 0) is 4.79 Å². The predicted octanol–water partition coefficient (Wildman–Crippen LogP) is 1.81. The van der Waals surface area contributed by atoms with Gasteiger partial charge in [0, 0.05) is 18.7 Å². The summed E-state index contributed by atoms with van der Waals surface area (Å²) in [5, 5.41) is 12.0. The molecule has 0 spiro atoms. The number of thiocarbonyl (C=S) groups is 1. The number of carbonyl (C=O) groups excluding carboxylic acids is 1. The molecule has 0 atom stereocenters. The molecular formula is C15H18N2O3S. The lowest BCUT2D eigenvalue weighted by atomic mass is 9.97. The minimum atomic E-state index is -0.760. The van der Waals surface area contributed by atoms with Crippen molar-refractivity contribution in [3.8, 4) is 0 Å². The number of nitrogens with one attached hydrogen (secondary N) is 1. The van der Waals surface area contributed by atoms with Crippen molar-refractivity contribution in [2.45, 2.75) is 19.8 Å². The summed E-state index contributed by atoms with van der Waals surface area (Å²) >= 11 is 5.23. The van der Waals surface area contributed by atoms with Gasteiger partial charge in [-0.15, -0.1) is 0 Å². The Balaban J connectivity index is 1.90. The van der Waals surface area contributed by atoms with Crippen LogP contribution in [0.25, 0.3) is 0 Å². The Labute approximate surface area is 128 Å². The number of aliphatic carboxylic acids is 1. The van der Waals surface area contributed by atoms with Crippen LogP contribution in [0.15, 0.2) is 24.3 Å². The molecule has 0 saturated carbocycles. The molecule has 6 heteroatoms. The average molecular weight is 306 g/mol. The molecule has 112 valence electrons. The van der Waals surface area contributed by atoms with Gasteiger partial charge in [-0.2, -0.15) is 0 Å². The van der Waals surface area contributed by atoms with Crippen LogP contribution in [0.3, 0.4) is 0 Å². The third-order valence-electron chi connectivity index (χ3n) is 3.63. The van der Waals surface area contributed by atoms with Crippen molar-refractivity contribution in [3.05, 3.63) is 35.4 Å². The van der Waals surface area contributed by atoms with Crippen LogP contribution >= 0.6 is 12.2 Å². The molecule has 1 aliphatic rings. The molecule has 2 N–H and O–H groups in total. The molecule has 1 heterocycles. The molecule has 1 aromatic rings. The third kappa shape index (κ3) is 4.01. The van der Waals surface area contributed by atoms with E-state index in [-0.39, 0.29) is 11.8 Å². The molecule has 2 rings (SSSR count). The van der Waals surface area contributed by atoms with Gasteiger partial charge in [-0.1, -0.05) is 17.7 Å². The first kappa shape index (κ1) is 15.4. The van der Waals surface area contributed by atoms with Crippen molar-refractivity contribution < 1.29 is 14.7 Å². The minimum Gasteiger partial charge on any atom is -0.481 e. The molecule has 5 nitrogen and oxygen atoms in total. The number of hydrogen-bond donors (Lipinski definition) is 2. The minimum absolute atomic E-state index is 0.232. The smallest absolute Gasteiger partial charge is 0.306 e. The molecule has 1 amide bonds. The Hall–Kier alpha value is -1.95. The zero-order valence-electron chi connectivity index (χ0n) is 11.8. The molecule has 1 saturated heterocycles. The number of piperidine rings is 1. The summed E-state index contributed by atoms with van der Waals surface area (Å²) in [4.78, 5) is 24.9. The molecular weight excluding hydrogens is 288 g/mol. The topological polar surface area (TPSA) is 69.6 Å². The Morgan fingerprint density at radius 2 is 2.00 bits per heavy atom. The summed E-state index contributed by atoms with van der Waals surface area (Å²) in [6.45, 7) is 3.04. The van der Waals surface area contributed by atoms with Gasteiger partial charge in [0.15, 0.2) is 5.11 Å². The number of carboxylic acids is 1. The first-order valence-corrected chi connectivity index (χ1v) is 7.28. The molecule has 1 aromatic carbocycles. The lowest BCUT2D eigenvalue weighted by Gasteiger charge is -2.31. The Kier molecular flexibility index (Phi) is 4.90. The van der Waals surface area contributed by atoms with Crippen LogP contribution in [0.1, 0.15) is 28.8 Å². The molecule has 0 bridgehead atoms. The molecule has 0 unspecified atom stereocenters. The highest BCUT2D eigenvalue weighted by atomic mass is 32.1. The molecule has 0 aromatic heterocycles. The highest BCUT2D eigenvalue weighted by Crippen LogP contribution is 2.17. The number of nitrogens with zero attached hydrogens (tertiary/aromatic N) is 1. The van der Waals surface area contributed by atoms with E-state index in [4.69, 9.17) is 17.3 Å². The van der Waals surface area contributed by atoms with Crippen LogP contribution in [-0.4, -0.2) is 40.1 Å². The second kappa shape index (κ2) is 6.67. The maximum atomic E-state index is 12.1.